The van der Waals surface area contributed by atoms with Crippen LogP contribution in [0.15, 0.2) is 54.6 Å². The molecule has 0 aliphatic heterocycles. The summed E-state index contributed by atoms with van der Waals surface area (Å²) in [5, 5.41) is 1.11. The van der Waals surface area contributed by atoms with Crippen molar-refractivity contribution < 1.29 is 9.53 Å². The molecule has 4 heteroatoms. The van der Waals surface area contributed by atoms with Gasteiger partial charge < -0.3 is 9.64 Å². The second-order valence-corrected chi connectivity index (χ2v) is 6.57. The quantitative estimate of drug-likeness (QED) is 0.693. The van der Waals surface area contributed by atoms with E-state index in [1.807, 2.05) is 68.6 Å². The lowest BCUT2D eigenvalue weighted by Crippen LogP contribution is -2.29. The molecular weight excluding hydrogens is 306 g/mol. The number of hydrogen-bond donors (Lipinski definition) is 0. The second kappa shape index (κ2) is 6.42. The maximum atomic E-state index is 12.8. The van der Waals surface area contributed by atoms with Gasteiger partial charge in [-0.05, 0) is 30.5 Å². The molecule has 1 aromatic heterocycles. The van der Waals surface area contributed by atoms with Crippen molar-refractivity contribution in [2.75, 3.05) is 14.2 Å². The van der Waals surface area contributed by atoms with Gasteiger partial charge in [-0.15, -0.1) is 11.3 Å². The Labute approximate surface area is 140 Å². The molecule has 1 amide bonds. The summed E-state index contributed by atoms with van der Waals surface area (Å²) in [6.45, 7) is 2.02. The number of ether oxygens (including phenoxy) is 1. The number of nitrogens with zero attached hydrogens (tertiary/aromatic N) is 1. The standard InChI is InChI=1S/C19H19NO2S/c1-13(15-9-5-6-10-16(15)22-3)20(2)19(21)18-12-14-8-4-7-11-17(14)23-18/h4-13H,1-3H3/t13-/m1/s1. The molecule has 3 nitrogen and oxygen atoms in total. The number of carbonyl (C=O) groups is 1. The van der Waals surface area contributed by atoms with E-state index in [-0.39, 0.29) is 11.9 Å². The van der Waals surface area contributed by atoms with Crippen molar-refractivity contribution in [2.24, 2.45) is 0 Å². The van der Waals surface area contributed by atoms with Crippen LogP contribution in [0.2, 0.25) is 0 Å². The zero-order chi connectivity index (χ0) is 16.4. The largest absolute Gasteiger partial charge is 0.496 e. The maximum Gasteiger partial charge on any atom is 0.264 e. The average Bonchev–Trinajstić information content (AvgIpc) is 3.03. The Morgan fingerprint density at radius 1 is 1.13 bits per heavy atom. The van der Waals surface area contributed by atoms with Crippen molar-refractivity contribution in [3.63, 3.8) is 0 Å². The van der Waals surface area contributed by atoms with E-state index < -0.39 is 0 Å². The smallest absolute Gasteiger partial charge is 0.264 e. The Bertz CT molecular complexity index is 807. The highest BCUT2D eigenvalue weighted by Gasteiger charge is 2.22. The van der Waals surface area contributed by atoms with Crippen LogP contribution in [0.25, 0.3) is 10.1 Å². The van der Waals surface area contributed by atoms with Gasteiger partial charge >= 0.3 is 0 Å². The van der Waals surface area contributed by atoms with Gasteiger partial charge in [0.2, 0.25) is 0 Å². The first-order valence-corrected chi connectivity index (χ1v) is 8.32. The van der Waals surface area contributed by atoms with Gasteiger partial charge in [-0.25, -0.2) is 0 Å². The van der Waals surface area contributed by atoms with Gasteiger partial charge in [-0.3, -0.25) is 4.79 Å². The number of thiophene rings is 1. The summed E-state index contributed by atoms with van der Waals surface area (Å²) in [4.78, 5) is 15.4. The van der Waals surface area contributed by atoms with Crippen molar-refractivity contribution in [3.05, 3.63) is 65.0 Å². The van der Waals surface area contributed by atoms with Gasteiger partial charge in [0.25, 0.3) is 5.91 Å². The van der Waals surface area contributed by atoms with Gasteiger partial charge in [-0.1, -0.05) is 36.4 Å². The van der Waals surface area contributed by atoms with Crippen LogP contribution >= 0.6 is 11.3 Å². The number of fused-ring (bicyclic) bond motifs is 1. The van der Waals surface area contributed by atoms with Gasteiger partial charge in [0.15, 0.2) is 0 Å². The normalized spacial score (nSPS) is 12.1. The van der Waals surface area contributed by atoms with Crippen LogP contribution < -0.4 is 4.74 Å². The minimum atomic E-state index is -0.0659. The third-order valence-electron chi connectivity index (χ3n) is 4.13. The predicted molar refractivity (Wildman–Crippen MR) is 95.3 cm³/mol. The number of amides is 1. The highest BCUT2D eigenvalue weighted by Crippen LogP contribution is 2.31. The van der Waals surface area contributed by atoms with Gasteiger partial charge in [0.05, 0.1) is 18.0 Å². The third-order valence-corrected chi connectivity index (χ3v) is 5.23. The fourth-order valence-corrected chi connectivity index (χ4v) is 3.70. The number of hydrogen-bond acceptors (Lipinski definition) is 3. The first-order chi connectivity index (χ1) is 11.1. The number of methoxy groups -OCH3 is 1. The van der Waals surface area contributed by atoms with E-state index in [2.05, 4.69) is 0 Å². The van der Waals surface area contributed by atoms with Crippen molar-refractivity contribution in [3.8, 4) is 5.75 Å². The highest BCUT2D eigenvalue weighted by atomic mass is 32.1. The number of benzene rings is 2. The Kier molecular flexibility index (Phi) is 4.35. The minimum Gasteiger partial charge on any atom is -0.496 e. The summed E-state index contributed by atoms with van der Waals surface area (Å²) in [5.74, 6) is 0.834. The second-order valence-electron chi connectivity index (χ2n) is 5.48. The third kappa shape index (κ3) is 2.94. The lowest BCUT2D eigenvalue weighted by molar-refractivity contribution is 0.0746. The van der Waals surface area contributed by atoms with Crippen molar-refractivity contribution in [1.29, 1.82) is 0 Å². The molecule has 2 aromatic carbocycles. The van der Waals surface area contributed by atoms with E-state index >= 15 is 0 Å². The first-order valence-electron chi connectivity index (χ1n) is 7.50. The van der Waals surface area contributed by atoms with E-state index in [9.17, 15) is 4.79 Å². The molecule has 118 valence electrons. The topological polar surface area (TPSA) is 29.5 Å². The summed E-state index contributed by atoms with van der Waals surface area (Å²) in [7, 11) is 3.49. The summed E-state index contributed by atoms with van der Waals surface area (Å²) in [6.07, 6.45) is 0. The van der Waals surface area contributed by atoms with E-state index in [4.69, 9.17) is 4.74 Å². The molecule has 0 spiro atoms. The summed E-state index contributed by atoms with van der Waals surface area (Å²) >= 11 is 1.53. The van der Waals surface area contributed by atoms with Crippen LogP contribution in [0.5, 0.6) is 5.75 Å². The van der Waals surface area contributed by atoms with Crippen LogP contribution in [0.3, 0.4) is 0 Å². The van der Waals surface area contributed by atoms with Gasteiger partial charge in [0, 0.05) is 17.3 Å². The molecule has 0 fully saturated rings. The molecule has 1 atom stereocenters. The molecule has 0 aliphatic rings. The highest BCUT2D eigenvalue weighted by molar-refractivity contribution is 7.20. The van der Waals surface area contributed by atoms with Crippen molar-refractivity contribution in [1.82, 2.24) is 4.90 Å². The Hall–Kier alpha value is -2.33. The summed E-state index contributed by atoms with van der Waals surface area (Å²) in [5.41, 5.74) is 1.01. The van der Waals surface area contributed by atoms with Crippen LogP contribution in [-0.4, -0.2) is 25.0 Å². The zero-order valence-electron chi connectivity index (χ0n) is 13.4. The molecule has 23 heavy (non-hydrogen) atoms. The van der Waals surface area contributed by atoms with E-state index in [1.54, 1.807) is 12.0 Å². The Morgan fingerprint density at radius 2 is 1.83 bits per heavy atom. The number of carbonyl (C=O) groups excluding carboxylic acids is 1. The fourth-order valence-electron chi connectivity index (χ4n) is 2.66. The predicted octanol–water partition coefficient (Wildman–Crippen LogP) is 4.74. The lowest BCUT2D eigenvalue weighted by atomic mass is 10.1. The molecule has 3 rings (SSSR count). The molecule has 1 heterocycles. The first kappa shape index (κ1) is 15.6. The van der Waals surface area contributed by atoms with Crippen molar-refractivity contribution in [2.45, 2.75) is 13.0 Å². The summed E-state index contributed by atoms with van der Waals surface area (Å²) in [6, 6.07) is 17.8. The molecule has 0 saturated carbocycles. The fraction of sp³-hybridized carbons (Fsp3) is 0.211. The van der Waals surface area contributed by atoms with Crippen LogP contribution in [0, 0.1) is 0 Å². The van der Waals surface area contributed by atoms with Crippen LogP contribution in [-0.2, 0) is 0 Å². The number of rotatable bonds is 4. The molecule has 0 radical (unpaired) electrons. The zero-order valence-corrected chi connectivity index (χ0v) is 14.3. The molecule has 0 saturated heterocycles. The maximum absolute atomic E-state index is 12.8. The lowest BCUT2D eigenvalue weighted by Gasteiger charge is -2.26. The van der Waals surface area contributed by atoms with Gasteiger partial charge in [-0.2, -0.15) is 0 Å². The van der Waals surface area contributed by atoms with Crippen molar-refractivity contribution >= 4 is 27.3 Å². The van der Waals surface area contributed by atoms with E-state index in [0.29, 0.717) is 0 Å². The van der Waals surface area contributed by atoms with E-state index in [0.717, 1.165) is 26.3 Å². The molecule has 0 bridgehead atoms. The monoisotopic (exact) mass is 325 g/mol. The molecule has 0 aliphatic carbocycles. The molecule has 3 aromatic rings. The summed E-state index contributed by atoms with van der Waals surface area (Å²) < 4.78 is 6.55. The minimum absolute atomic E-state index is 0.0320. The van der Waals surface area contributed by atoms with E-state index in [1.165, 1.54) is 11.3 Å². The molecule has 0 unspecified atom stereocenters. The number of para-hydroxylation sites is 1. The van der Waals surface area contributed by atoms with Gasteiger partial charge in [0.1, 0.15) is 5.75 Å². The van der Waals surface area contributed by atoms with Crippen LogP contribution in [0.1, 0.15) is 28.2 Å². The Morgan fingerprint density at radius 3 is 2.57 bits per heavy atom. The molecular formula is C19H19NO2S. The SMILES string of the molecule is COc1ccccc1[C@@H](C)N(C)C(=O)c1cc2ccccc2s1. The van der Waals surface area contributed by atoms with Crippen LogP contribution in [0.4, 0.5) is 0 Å². The average molecular weight is 325 g/mol. The molecule has 0 N–H and O–H groups in total. The Balaban J connectivity index is 1.89.